The maximum atomic E-state index is 8.85. The molecule has 0 aromatic rings. The van der Waals surface area contributed by atoms with Gasteiger partial charge in [0.1, 0.15) is 4.87 Å². The molecule has 0 aromatic carbocycles. The maximum absolute atomic E-state index is 8.85. The molecule has 2 nitrogen and oxygen atoms in total. The van der Waals surface area contributed by atoms with Crippen molar-refractivity contribution < 1.29 is 4.74 Å². The van der Waals surface area contributed by atoms with Gasteiger partial charge in [0.05, 0.1) is 18.3 Å². The third kappa shape index (κ3) is 0.579. The van der Waals surface area contributed by atoms with Gasteiger partial charge in [-0.25, -0.2) is 0 Å². The van der Waals surface area contributed by atoms with Crippen molar-refractivity contribution in [2.24, 2.45) is 11.8 Å². The van der Waals surface area contributed by atoms with Gasteiger partial charge in [-0.1, -0.05) is 0 Å². The fourth-order valence-electron chi connectivity index (χ4n) is 2.74. The third-order valence-corrected chi connectivity index (χ3v) is 3.83. The lowest BCUT2D eigenvalue weighted by atomic mass is 9.89. The number of epoxide rings is 1. The van der Waals surface area contributed by atoms with Crippen LogP contribution in [0.4, 0.5) is 0 Å². The van der Waals surface area contributed by atoms with Crippen molar-refractivity contribution in [3.8, 4) is 6.07 Å². The lowest BCUT2D eigenvalue weighted by Crippen LogP contribution is -2.31. The van der Waals surface area contributed by atoms with E-state index in [2.05, 4.69) is 6.07 Å². The number of fused-ring (bicyclic) bond motifs is 5. The van der Waals surface area contributed by atoms with Crippen LogP contribution < -0.4 is 0 Å². The smallest absolute Gasteiger partial charge is 0.136 e. The highest BCUT2D eigenvalue weighted by Crippen LogP contribution is 2.62. The standard InChI is InChI=1S/C8H8ClNO/c9-8(3-10)2-4-1-5(8)7-6(4)11-7/h4-7H,1-2H2/t4-,5-,6+,7+,8-/m0/s1. The maximum Gasteiger partial charge on any atom is 0.136 e. The zero-order valence-electron chi connectivity index (χ0n) is 5.96. The predicted molar refractivity (Wildman–Crippen MR) is 39.1 cm³/mol. The summed E-state index contributed by atoms with van der Waals surface area (Å²) in [6.07, 6.45) is 2.77. The summed E-state index contributed by atoms with van der Waals surface area (Å²) in [6, 6.07) is 2.21. The number of nitriles is 1. The van der Waals surface area contributed by atoms with Crippen molar-refractivity contribution in [2.75, 3.05) is 0 Å². The van der Waals surface area contributed by atoms with Gasteiger partial charge in [-0.3, -0.25) is 0 Å². The normalized spacial score (nSPS) is 64.0. The molecule has 58 valence electrons. The minimum Gasteiger partial charge on any atom is -0.369 e. The number of nitrogens with zero attached hydrogens (tertiary/aromatic N) is 1. The molecule has 0 unspecified atom stereocenters. The molecule has 0 amide bonds. The van der Waals surface area contributed by atoms with Gasteiger partial charge in [-0.15, -0.1) is 11.6 Å². The van der Waals surface area contributed by atoms with Gasteiger partial charge in [0.2, 0.25) is 0 Å². The lowest BCUT2D eigenvalue weighted by molar-refractivity contribution is 0.261. The Kier molecular flexibility index (Phi) is 0.898. The van der Waals surface area contributed by atoms with E-state index in [-0.39, 0.29) is 0 Å². The molecule has 0 spiro atoms. The molecule has 11 heavy (non-hydrogen) atoms. The average Bonchev–Trinajstić information content (AvgIpc) is 2.65. The Hall–Kier alpha value is -0.260. The lowest BCUT2D eigenvalue weighted by Gasteiger charge is -2.20. The SMILES string of the molecule is N#C[C@@]1(Cl)C[C@@H]2C[C@H]1[C@H]1O[C@H]21. The largest absolute Gasteiger partial charge is 0.369 e. The Bertz CT molecular complexity index is 261. The third-order valence-electron chi connectivity index (χ3n) is 3.31. The van der Waals surface area contributed by atoms with E-state index in [0.29, 0.717) is 24.0 Å². The number of ether oxygens (including phenoxy) is 1. The first-order valence-electron chi connectivity index (χ1n) is 4.00. The summed E-state index contributed by atoms with van der Waals surface area (Å²) in [4.78, 5) is -0.581. The van der Waals surface area contributed by atoms with E-state index >= 15 is 0 Å². The number of halogens is 1. The van der Waals surface area contributed by atoms with Gasteiger partial charge in [-0.2, -0.15) is 5.26 Å². The molecule has 0 radical (unpaired) electrons. The number of hydrogen-bond donors (Lipinski definition) is 0. The van der Waals surface area contributed by atoms with E-state index in [1.54, 1.807) is 0 Å². The highest BCUT2D eigenvalue weighted by atomic mass is 35.5. The molecule has 1 aliphatic heterocycles. The summed E-state index contributed by atoms with van der Waals surface area (Å²) in [5, 5.41) is 8.85. The summed E-state index contributed by atoms with van der Waals surface area (Å²) in [7, 11) is 0. The topological polar surface area (TPSA) is 36.3 Å². The first kappa shape index (κ1) is 6.28. The Morgan fingerprint density at radius 2 is 2.36 bits per heavy atom. The van der Waals surface area contributed by atoms with Crippen LogP contribution in [-0.2, 0) is 4.74 Å². The van der Waals surface area contributed by atoms with E-state index in [9.17, 15) is 0 Å². The summed E-state index contributed by atoms with van der Waals surface area (Å²) in [5.41, 5.74) is 0. The van der Waals surface area contributed by atoms with Crippen LogP contribution in [0.3, 0.4) is 0 Å². The molecular formula is C8H8ClNO. The van der Waals surface area contributed by atoms with Gasteiger partial charge in [0.25, 0.3) is 0 Å². The predicted octanol–water partition coefficient (Wildman–Crippen LogP) is 1.29. The second-order valence-electron chi connectivity index (χ2n) is 3.85. The Morgan fingerprint density at radius 3 is 2.91 bits per heavy atom. The minimum atomic E-state index is -0.581. The Labute approximate surface area is 70.1 Å². The van der Waals surface area contributed by atoms with Crippen LogP contribution in [0.25, 0.3) is 0 Å². The van der Waals surface area contributed by atoms with E-state index in [4.69, 9.17) is 21.6 Å². The number of alkyl halides is 1. The Morgan fingerprint density at radius 1 is 1.55 bits per heavy atom. The van der Waals surface area contributed by atoms with Crippen molar-refractivity contribution in [1.82, 2.24) is 0 Å². The molecule has 3 heteroatoms. The molecule has 5 atom stereocenters. The second-order valence-corrected chi connectivity index (χ2v) is 4.52. The highest BCUT2D eigenvalue weighted by molar-refractivity contribution is 6.26. The van der Waals surface area contributed by atoms with Crippen molar-refractivity contribution >= 4 is 11.6 Å². The Balaban J connectivity index is 1.99. The van der Waals surface area contributed by atoms with Crippen molar-refractivity contribution in [3.05, 3.63) is 0 Å². The fraction of sp³-hybridized carbons (Fsp3) is 0.875. The van der Waals surface area contributed by atoms with Crippen molar-refractivity contribution in [2.45, 2.75) is 29.9 Å². The summed E-state index contributed by atoms with van der Waals surface area (Å²) >= 11 is 6.13. The number of hydrogen-bond acceptors (Lipinski definition) is 2. The molecule has 3 rings (SSSR count). The molecule has 3 aliphatic rings. The van der Waals surface area contributed by atoms with Crippen molar-refractivity contribution in [1.29, 1.82) is 5.26 Å². The molecular weight excluding hydrogens is 162 g/mol. The van der Waals surface area contributed by atoms with Crippen LogP contribution in [0.5, 0.6) is 0 Å². The molecule has 3 fully saturated rings. The summed E-state index contributed by atoms with van der Waals surface area (Å²) in [5.74, 6) is 0.909. The zero-order valence-corrected chi connectivity index (χ0v) is 6.71. The van der Waals surface area contributed by atoms with Gasteiger partial charge < -0.3 is 4.74 Å². The average molecular weight is 170 g/mol. The molecule has 0 N–H and O–H groups in total. The molecule has 2 saturated carbocycles. The first-order chi connectivity index (χ1) is 5.24. The minimum absolute atomic E-state index is 0.323. The number of rotatable bonds is 0. The van der Waals surface area contributed by atoms with Crippen LogP contribution in [0.2, 0.25) is 0 Å². The van der Waals surface area contributed by atoms with Crippen LogP contribution in [0.1, 0.15) is 12.8 Å². The summed E-state index contributed by atoms with van der Waals surface area (Å²) < 4.78 is 5.40. The second kappa shape index (κ2) is 1.57. The summed E-state index contributed by atoms with van der Waals surface area (Å²) in [6.45, 7) is 0. The van der Waals surface area contributed by atoms with E-state index in [1.165, 1.54) is 0 Å². The molecule has 1 saturated heterocycles. The quantitative estimate of drug-likeness (QED) is 0.405. The fourth-order valence-corrected chi connectivity index (χ4v) is 3.15. The van der Waals surface area contributed by atoms with E-state index < -0.39 is 4.87 Å². The molecule has 1 heterocycles. The van der Waals surface area contributed by atoms with E-state index in [1.807, 2.05) is 0 Å². The highest BCUT2D eigenvalue weighted by Gasteiger charge is 2.68. The molecule has 2 bridgehead atoms. The monoisotopic (exact) mass is 169 g/mol. The molecule has 2 aliphatic carbocycles. The molecule has 0 aromatic heterocycles. The van der Waals surface area contributed by atoms with Crippen LogP contribution >= 0.6 is 11.6 Å². The van der Waals surface area contributed by atoms with Crippen LogP contribution in [0.15, 0.2) is 0 Å². The van der Waals surface area contributed by atoms with Gasteiger partial charge in [0, 0.05) is 5.92 Å². The first-order valence-corrected chi connectivity index (χ1v) is 4.38. The van der Waals surface area contributed by atoms with Crippen LogP contribution in [0, 0.1) is 23.2 Å². The van der Waals surface area contributed by atoms with Gasteiger partial charge in [0.15, 0.2) is 0 Å². The van der Waals surface area contributed by atoms with Gasteiger partial charge in [-0.05, 0) is 18.8 Å². The van der Waals surface area contributed by atoms with Gasteiger partial charge >= 0.3 is 0 Å². The van der Waals surface area contributed by atoms with E-state index in [0.717, 1.165) is 12.8 Å². The van der Waals surface area contributed by atoms with Crippen molar-refractivity contribution in [3.63, 3.8) is 0 Å². The van der Waals surface area contributed by atoms with Crippen LogP contribution in [-0.4, -0.2) is 17.1 Å². The zero-order chi connectivity index (χ0) is 7.64.